The standard InChI is InChI=1S/C31H33NO5S/c1-4-23-8-10-24(11-9-23)25-16-22(3)30-27(18-25)31(14-6-5-7-15-31)20-32(30)38(35,36)26-12-13-28(21(2)17-26)37-19-29(33)34/h4,8-13,16-18H,1,5-7,14-15,19-20H2,2-3H3,(H,33,34). The molecular weight excluding hydrogens is 498 g/mol. The minimum atomic E-state index is -3.86. The predicted molar refractivity (Wildman–Crippen MR) is 150 cm³/mol. The molecular formula is C31H33NO5S. The molecule has 1 aliphatic heterocycles. The van der Waals surface area contributed by atoms with E-state index in [0.29, 0.717) is 17.9 Å². The average molecular weight is 532 g/mol. The number of aliphatic carboxylic acids is 1. The van der Waals surface area contributed by atoms with Gasteiger partial charge < -0.3 is 9.84 Å². The van der Waals surface area contributed by atoms with Crippen LogP contribution < -0.4 is 9.04 Å². The highest BCUT2D eigenvalue weighted by Crippen LogP contribution is 2.53. The summed E-state index contributed by atoms with van der Waals surface area (Å²) in [6.45, 7) is 7.52. The smallest absolute Gasteiger partial charge is 0.341 e. The average Bonchev–Trinajstić information content (AvgIpc) is 3.23. The minimum absolute atomic E-state index is 0.181. The molecule has 0 unspecified atom stereocenters. The van der Waals surface area contributed by atoms with Crippen molar-refractivity contribution in [2.24, 2.45) is 0 Å². The van der Waals surface area contributed by atoms with Crippen molar-refractivity contribution in [2.45, 2.75) is 56.3 Å². The number of carboxylic acids is 1. The maximum absolute atomic E-state index is 14.1. The van der Waals surface area contributed by atoms with Crippen LogP contribution in [0.2, 0.25) is 0 Å². The SMILES string of the molecule is C=Cc1ccc(-c2cc(C)c3c(c2)C2(CCCCC2)CN3S(=O)(=O)c2ccc(OCC(=O)O)c(C)c2)cc1. The topological polar surface area (TPSA) is 83.9 Å². The van der Waals surface area contributed by atoms with Gasteiger partial charge in [-0.25, -0.2) is 13.2 Å². The molecule has 3 aromatic carbocycles. The Bertz CT molecular complexity index is 1500. The second kappa shape index (κ2) is 9.95. The van der Waals surface area contributed by atoms with Crippen molar-refractivity contribution >= 4 is 27.8 Å². The van der Waals surface area contributed by atoms with Gasteiger partial charge in [0.1, 0.15) is 5.75 Å². The van der Waals surface area contributed by atoms with Crippen LogP contribution in [0.1, 0.15) is 54.4 Å². The molecule has 38 heavy (non-hydrogen) atoms. The Balaban J connectivity index is 1.58. The van der Waals surface area contributed by atoms with Gasteiger partial charge in [0.25, 0.3) is 10.0 Å². The molecule has 3 aromatic rings. The molecule has 0 radical (unpaired) electrons. The van der Waals surface area contributed by atoms with Crippen LogP contribution in [0.4, 0.5) is 5.69 Å². The number of hydrogen-bond donors (Lipinski definition) is 1. The third-order valence-electron chi connectivity index (χ3n) is 7.94. The van der Waals surface area contributed by atoms with E-state index in [-0.39, 0.29) is 10.3 Å². The van der Waals surface area contributed by atoms with Gasteiger partial charge in [0.2, 0.25) is 0 Å². The number of carbonyl (C=O) groups is 1. The fourth-order valence-corrected chi connectivity index (χ4v) is 7.72. The van der Waals surface area contributed by atoms with E-state index in [1.54, 1.807) is 23.4 Å². The lowest BCUT2D eigenvalue weighted by molar-refractivity contribution is -0.139. The highest BCUT2D eigenvalue weighted by Gasteiger charge is 2.48. The van der Waals surface area contributed by atoms with Crippen LogP contribution in [0, 0.1) is 13.8 Å². The van der Waals surface area contributed by atoms with Crippen molar-refractivity contribution in [3.05, 3.63) is 83.4 Å². The summed E-state index contributed by atoms with van der Waals surface area (Å²) in [5, 5.41) is 8.92. The molecule has 0 saturated heterocycles. The first-order valence-electron chi connectivity index (χ1n) is 13.0. The van der Waals surface area contributed by atoms with Gasteiger partial charge in [-0.2, -0.15) is 0 Å². The number of carboxylic acid groups (broad SMARTS) is 1. The van der Waals surface area contributed by atoms with E-state index in [4.69, 9.17) is 9.84 Å². The molecule has 6 nitrogen and oxygen atoms in total. The molecule has 1 heterocycles. The van der Waals surface area contributed by atoms with Crippen molar-refractivity contribution in [1.29, 1.82) is 0 Å². The van der Waals surface area contributed by atoms with E-state index in [2.05, 4.69) is 30.8 Å². The fraction of sp³-hybridized carbons (Fsp3) is 0.323. The number of hydrogen-bond acceptors (Lipinski definition) is 4. The Morgan fingerprint density at radius 3 is 2.34 bits per heavy atom. The Labute approximate surface area is 224 Å². The van der Waals surface area contributed by atoms with Gasteiger partial charge in [-0.3, -0.25) is 4.31 Å². The Morgan fingerprint density at radius 1 is 1.00 bits per heavy atom. The van der Waals surface area contributed by atoms with Crippen molar-refractivity contribution in [3.63, 3.8) is 0 Å². The summed E-state index contributed by atoms with van der Waals surface area (Å²) in [6, 6.07) is 17.2. The van der Waals surface area contributed by atoms with Crippen molar-refractivity contribution in [2.75, 3.05) is 17.5 Å². The first-order chi connectivity index (χ1) is 18.1. The fourth-order valence-electron chi connectivity index (χ4n) is 6.00. The van der Waals surface area contributed by atoms with Crippen LogP contribution in [0.15, 0.2) is 66.1 Å². The third kappa shape index (κ3) is 4.60. The molecule has 1 N–H and O–H groups in total. The van der Waals surface area contributed by atoms with E-state index in [1.807, 2.05) is 25.1 Å². The van der Waals surface area contributed by atoms with Gasteiger partial charge in [-0.15, -0.1) is 0 Å². The van der Waals surface area contributed by atoms with Gasteiger partial charge in [0, 0.05) is 12.0 Å². The van der Waals surface area contributed by atoms with Crippen LogP contribution in [0.5, 0.6) is 5.75 Å². The summed E-state index contributed by atoms with van der Waals surface area (Å²) in [7, 11) is -3.86. The number of ether oxygens (including phenoxy) is 1. The summed E-state index contributed by atoms with van der Waals surface area (Å²) in [6.07, 6.45) is 7.09. The molecule has 0 bridgehead atoms. The lowest BCUT2D eigenvalue weighted by Crippen LogP contribution is -2.38. The van der Waals surface area contributed by atoms with Gasteiger partial charge in [0.15, 0.2) is 6.61 Å². The Morgan fingerprint density at radius 2 is 1.71 bits per heavy atom. The Hall–Kier alpha value is -3.58. The van der Waals surface area contributed by atoms with Gasteiger partial charge in [-0.1, -0.05) is 56.2 Å². The third-order valence-corrected chi connectivity index (χ3v) is 9.69. The highest BCUT2D eigenvalue weighted by molar-refractivity contribution is 7.92. The first kappa shape index (κ1) is 26.0. The number of sulfonamides is 1. The van der Waals surface area contributed by atoms with Crippen LogP contribution in [0.25, 0.3) is 17.2 Å². The second-order valence-corrected chi connectivity index (χ2v) is 12.3. The van der Waals surface area contributed by atoms with Gasteiger partial charge >= 0.3 is 5.97 Å². The minimum Gasteiger partial charge on any atom is -0.482 e. The van der Waals surface area contributed by atoms with E-state index < -0.39 is 22.6 Å². The number of benzene rings is 3. The van der Waals surface area contributed by atoms with Gasteiger partial charge in [-0.05, 0) is 90.4 Å². The molecule has 5 rings (SSSR count). The number of rotatable bonds is 7. The van der Waals surface area contributed by atoms with Crippen LogP contribution in [-0.2, 0) is 20.2 Å². The first-order valence-corrected chi connectivity index (χ1v) is 14.4. The van der Waals surface area contributed by atoms with E-state index in [9.17, 15) is 13.2 Å². The number of nitrogens with zero attached hydrogens (tertiary/aromatic N) is 1. The lowest BCUT2D eigenvalue weighted by Gasteiger charge is -2.34. The maximum atomic E-state index is 14.1. The Kier molecular flexibility index (Phi) is 6.82. The van der Waals surface area contributed by atoms with Crippen LogP contribution in [-0.4, -0.2) is 32.6 Å². The number of fused-ring (bicyclic) bond motifs is 2. The van der Waals surface area contributed by atoms with Crippen LogP contribution >= 0.6 is 0 Å². The van der Waals surface area contributed by atoms with Crippen molar-refractivity contribution in [3.8, 4) is 16.9 Å². The van der Waals surface area contributed by atoms with E-state index >= 15 is 0 Å². The molecule has 0 atom stereocenters. The number of aryl methyl sites for hydroxylation is 2. The molecule has 0 amide bonds. The van der Waals surface area contributed by atoms with E-state index in [0.717, 1.165) is 59.2 Å². The zero-order valence-corrected chi connectivity index (χ0v) is 22.7. The maximum Gasteiger partial charge on any atom is 0.341 e. The molecule has 1 fully saturated rings. The molecule has 1 aliphatic carbocycles. The zero-order chi connectivity index (χ0) is 27.1. The summed E-state index contributed by atoms with van der Waals surface area (Å²) in [5.41, 5.74) is 6.48. The largest absolute Gasteiger partial charge is 0.482 e. The van der Waals surface area contributed by atoms with Gasteiger partial charge in [0.05, 0.1) is 10.6 Å². The summed E-state index contributed by atoms with van der Waals surface area (Å²) in [4.78, 5) is 11.1. The molecule has 7 heteroatoms. The van der Waals surface area contributed by atoms with Crippen molar-refractivity contribution in [1.82, 2.24) is 0 Å². The lowest BCUT2D eigenvalue weighted by atomic mass is 9.70. The molecule has 1 spiro atoms. The monoisotopic (exact) mass is 531 g/mol. The normalized spacial score (nSPS) is 16.3. The summed E-state index contributed by atoms with van der Waals surface area (Å²) >= 11 is 0. The molecule has 1 saturated carbocycles. The predicted octanol–water partition coefficient (Wildman–Crippen LogP) is 6.49. The molecule has 0 aromatic heterocycles. The quantitative estimate of drug-likeness (QED) is 0.377. The highest BCUT2D eigenvalue weighted by atomic mass is 32.2. The summed E-state index contributed by atoms with van der Waals surface area (Å²) < 4.78 is 35.1. The zero-order valence-electron chi connectivity index (χ0n) is 21.9. The molecule has 2 aliphatic rings. The van der Waals surface area contributed by atoms with E-state index in [1.165, 1.54) is 12.5 Å². The number of anilines is 1. The van der Waals surface area contributed by atoms with Crippen LogP contribution in [0.3, 0.4) is 0 Å². The summed E-state index contributed by atoms with van der Waals surface area (Å²) in [5.74, 6) is -0.723. The van der Waals surface area contributed by atoms with Crippen molar-refractivity contribution < 1.29 is 23.1 Å². The molecule has 198 valence electrons. The second-order valence-electron chi connectivity index (χ2n) is 10.5.